The lowest BCUT2D eigenvalue weighted by molar-refractivity contribution is -0.138. The Kier molecular flexibility index (Phi) is 7.77. The Labute approximate surface area is 143 Å². The van der Waals surface area contributed by atoms with Gasteiger partial charge < -0.3 is 0 Å². The Morgan fingerprint density at radius 3 is 2.12 bits per heavy atom. The van der Waals surface area contributed by atoms with Crippen molar-refractivity contribution < 1.29 is 21.6 Å². The number of rotatable bonds is 9. The number of alkyl halides is 3. The third kappa shape index (κ3) is 6.83. The monoisotopic (exact) mass is 364 g/mol. The zero-order chi connectivity index (χ0) is 18.4. The van der Waals surface area contributed by atoms with Gasteiger partial charge in [-0.05, 0) is 57.2 Å². The standard InChI is InChI=1S/C18H27F3O2S/c1-14(2)24(22,23)12-8-6-4-5-7-9-16-10-11-17(15(3)13-16)18(19,20)21/h10-11,13-14H,4-9,12H2,1-3H3. The van der Waals surface area contributed by atoms with E-state index < -0.39 is 21.6 Å². The Balaban J connectivity index is 2.28. The summed E-state index contributed by atoms with van der Waals surface area (Å²) in [6, 6.07) is 4.31. The summed E-state index contributed by atoms with van der Waals surface area (Å²) in [5, 5.41) is -0.319. The molecule has 2 nitrogen and oxygen atoms in total. The van der Waals surface area contributed by atoms with Crippen molar-refractivity contribution in [1.82, 2.24) is 0 Å². The van der Waals surface area contributed by atoms with Gasteiger partial charge in [0.25, 0.3) is 0 Å². The number of hydrogen-bond acceptors (Lipinski definition) is 2. The van der Waals surface area contributed by atoms with Crippen molar-refractivity contribution in [3.05, 3.63) is 34.9 Å². The summed E-state index contributed by atoms with van der Waals surface area (Å²) in [4.78, 5) is 0. The summed E-state index contributed by atoms with van der Waals surface area (Å²) >= 11 is 0. The van der Waals surface area contributed by atoms with Gasteiger partial charge in [0, 0.05) is 0 Å². The SMILES string of the molecule is Cc1cc(CCCCCCCS(=O)(=O)C(C)C)ccc1C(F)(F)F. The van der Waals surface area contributed by atoms with Crippen molar-refractivity contribution in [3.8, 4) is 0 Å². The normalized spacial score (nSPS) is 12.8. The van der Waals surface area contributed by atoms with Crippen LogP contribution in [0.1, 0.15) is 62.6 Å². The second kappa shape index (κ2) is 8.88. The Morgan fingerprint density at radius 1 is 1.00 bits per heavy atom. The van der Waals surface area contributed by atoms with Gasteiger partial charge in [-0.2, -0.15) is 13.2 Å². The maximum atomic E-state index is 12.7. The minimum absolute atomic E-state index is 0.239. The van der Waals surface area contributed by atoms with Crippen LogP contribution >= 0.6 is 0 Å². The molecule has 0 aliphatic heterocycles. The van der Waals surface area contributed by atoms with Crippen molar-refractivity contribution in [3.63, 3.8) is 0 Å². The molecule has 0 aliphatic carbocycles. The first-order valence-corrected chi connectivity index (χ1v) is 10.1. The molecule has 0 unspecified atom stereocenters. The fourth-order valence-corrected chi connectivity index (χ4v) is 3.68. The predicted octanol–water partition coefficient (Wildman–Crippen LogP) is 5.33. The smallest absolute Gasteiger partial charge is 0.229 e. The van der Waals surface area contributed by atoms with E-state index in [1.807, 2.05) is 0 Å². The van der Waals surface area contributed by atoms with Gasteiger partial charge in [0.1, 0.15) is 0 Å². The molecule has 0 aliphatic rings. The molecule has 0 amide bonds. The van der Waals surface area contributed by atoms with Crippen molar-refractivity contribution in [2.75, 3.05) is 5.75 Å². The Bertz CT molecular complexity index is 620. The van der Waals surface area contributed by atoms with Crippen LogP contribution in [0.3, 0.4) is 0 Å². The van der Waals surface area contributed by atoms with Gasteiger partial charge in [0.15, 0.2) is 9.84 Å². The minimum Gasteiger partial charge on any atom is -0.229 e. The maximum Gasteiger partial charge on any atom is 0.416 e. The van der Waals surface area contributed by atoms with E-state index in [1.54, 1.807) is 26.0 Å². The number of sulfone groups is 1. The molecule has 0 fully saturated rings. The first-order chi connectivity index (χ1) is 11.0. The number of unbranched alkanes of at least 4 members (excludes halogenated alkanes) is 4. The summed E-state index contributed by atoms with van der Waals surface area (Å²) in [7, 11) is -2.95. The van der Waals surface area contributed by atoms with Crippen LogP contribution in [0.4, 0.5) is 13.2 Å². The topological polar surface area (TPSA) is 34.1 Å². The van der Waals surface area contributed by atoms with Gasteiger partial charge in [-0.15, -0.1) is 0 Å². The summed E-state index contributed by atoms with van der Waals surface area (Å²) < 4.78 is 61.4. The minimum atomic E-state index is -4.29. The molecule has 1 aromatic rings. The highest BCUT2D eigenvalue weighted by Gasteiger charge is 2.31. The lowest BCUT2D eigenvalue weighted by Crippen LogP contribution is -2.17. The van der Waals surface area contributed by atoms with E-state index in [1.165, 1.54) is 6.92 Å². The molecule has 0 spiro atoms. The van der Waals surface area contributed by atoms with Crippen LogP contribution in [0.2, 0.25) is 0 Å². The van der Waals surface area contributed by atoms with Crippen molar-refractivity contribution in [2.24, 2.45) is 0 Å². The molecular formula is C18H27F3O2S. The van der Waals surface area contributed by atoms with Crippen LogP contribution < -0.4 is 0 Å². The van der Waals surface area contributed by atoms with E-state index in [0.717, 1.165) is 43.7 Å². The van der Waals surface area contributed by atoms with Crippen LogP contribution in [-0.4, -0.2) is 19.4 Å². The first-order valence-electron chi connectivity index (χ1n) is 8.42. The number of benzene rings is 1. The molecule has 138 valence electrons. The molecule has 0 saturated heterocycles. The van der Waals surface area contributed by atoms with E-state index in [-0.39, 0.29) is 16.6 Å². The zero-order valence-electron chi connectivity index (χ0n) is 14.6. The molecule has 6 heteroatoms. The second-order valence-corrected chi connectivity index (χ2v) is 9.26. The number of hydrogen-bond donors (Lipinski definition) is 0. The Hall–Kier alpha value is -1.04. The van der Waals surface area contributed by atoms with Crippen molar-refractivity contribution >= 4 is 9.84 Å². The molecule has 0 atom stereocenters. The van der Waals surface area contributed by atoms with E-state index in [2.05, 4.69) is 0 Å². The van der Waals surface area contributed by atoms with Crippen LogP contribution in [0, 0.1) is 6.92 Å². The highest BCUT2D eigenvalue weighted by molar-refractivity contribution is 7.91. The van der Waals surface area contributed by atoms with E-state index in [0.29, 0.717) is 6.42 Å². The fraction of sp³-hybridized carbons (Fsp3) is 0.667. The zero-order valence-corrected chi connectivity index (χ0v) is 15.4. The van der Waals surface area contributed by atoms with E-state index in [4.69, 9.17) is 0 Å². The summed E-state index contributed by atoms with van der Waals surface area (Å²) in [6.07, 6.45) is 0.830. The molecule has 0 N–H and O–H groups in total. The van der Waals surface area contributed by atoms with Gasteiger partial charge in [-0.1, -0.05) is 31.4 Å². The first kappa shape index (κ1) is 21.0. The van der Waals surface area contributed by atoms with Gasteiger partial charge in [-0.3, -0.25) is 0 Å². The quantitative estimate of drug-likeness (QED) is 0.555. The van der Waals surface area contributed by atoms with Gasteiger partial charge in [0.2, 0.25) is 0 Å². The molecule has 24 heavy (non-hydrogen) atoms. The van der Waals surface area contributed by atoms with E-state index in [9.17, 15) is 21.6 Å². The third-order valence-electron chi connectivity index (χ3n) is 4.21. The van der Waals surface area contributed by atoms with Gasteiger partial charge >= 0.3 is 6.18 Å². The highest BCUT2D eigenvalue weighted by Crippen LogP contribution is 2.32. The Morgan fingerprint density at radius 2 is 1.58 bits per heavy atom. The maximum absolute atomic E-state index is 12.7. The predicted molar refractivity (Wildman–Crippen MR) is 91.9 cm³/mol. The van der Waals surface area contributed by atoms with Crippen LogP contribution in [0.5, 0.6) is 0 Å². The molecule has 0 aromatic heterocycles. The van der Waals surface area contributed by atoms with Crippen LogP contribution in [-0.2, 0) is 22.4 Å². The lowest BCUT2D eigenvalue weighted by atomic mass is 10.0. The molecule has 1 aromatic carbocycles. The molecule has 0 radical (unpaired) electrons. The van der Waals surface area contributed by atoms with Crippen molar-refractivity contribution in [1.29, 1.82) is 0 Å². The number of aryl methyl sites for hydroxylation is 2. The number of halogens is 3. The summed E-state index contributed by atoms with van der Waals surface area (Å²) in [6.45, 7) is 4.88. The van der Waals surface area contributed by atoms with Gasteiger partial charge in [-0.25, -0.2) is 8.42 Å². The second-order valence-electron chi connectivity index (χ2n) is 6.58. The fourth-order valence-electron chi connectivity index (χ4n) is 2.60. The lowest BCUT2D eigenvalue weighted by Gasteiger charge is -2.11. The van der Waals surface area contributed by atoms with Gasteiger partial charge in [0.05, 0.1) is 16.6 Å². The summed E-state index contributed by atoms with van der Waals surface area (Å²) in [5.74, 6) is 0.239. The van der Waals surface area contributed by atoms with Crippen LogP contribution in [0.25, 0.3) is 0 Å². The molecular weight excluding hydrogens is 337 g/mol. The van der Waals surface area contributed by atoms with E-state index >= 15 is 0 Å². The largest absolute Gasteiger partial charge is 0.416 e. The average molecular weight is 364 g/mol. The third-order valence-corrected chi connectivity index (χ3v) is 6.50. The molecule has 1 rings (SSSR count). The molecule has 0 heterocycles. The van der Waals surface area contributed by atoms with Crippen LogP contribution in [0.15, 0.2) is 18.2 Å². The highest BCUT2D eigenvalue weighted by atomic mass is 32.2. The molecule has 0 saturated carbocycles. The average Bonchev–Trinajstić information content (AvgIpc) is 2.44. The summed E-state index contributed by atoms with van der Waals surface area (Å²) in [5.41, 5.74) is 0.611. The van der Waals surface area contributed by atoms with Crippen molar-refractivity contribution in [2.45, 2.75) is 70.7 Å². The molecule has 0 bridgehead atoms.